The lowest BCUT2D eigenvalue weighted by Gasteiger charge is -2.26. The molecular weight excluding hydrogens is 581 g/mol. The lowest BCUT2D eigenvalue weighted by atomic mass is 10.2. The summed E-state index contributed by atoms with van der Waals surface area (Å²) in [5.41, 5.74) is 4.76. The Balaban J connectivity index is 1.85. The summed E-state index contributed by atoms with van der Waals surface area (Å²) in [6, 6.07) is 21.8. The van der Waals surface area contributed by atoms with Gasteiger partial charge in [-0.25, -0.2) is 21.8 Å². The van der Waals surface area contributed by atoms with Gasteiger partial charge in [0.2, 0.25) is 6.41 Å². The molecule has 1 amide bonds. The molecule has 0 aliphatic carbocycles. The van der Waals surface area contributed by atoms with Gasteiger partial charge in [0.25, 0.3) is 20.0 Å². The molecular formula is C27H23Cl2N3O5S2. The standard InChI is InChI=1S/C27H23Cl2N3O5S2/c1-19-6-10-26(11-7-19)38(34,35)32(39(36,37)27-12-8-20(2)9-13-27)25-5-3-4-24(17-25)31(18-33)30-23-15-21(28)14-22(29)16-23/h3-18,30H,1-2H3. The first-order valence-electron chi connectivity index (χ1n) is 11.4. The Hall–Kier alpha value is -3.57. The van der Waals surface area contributed by atoms with E-state index in [4.69, 9.17) is 23.2 Å². The molecule has 0 unspecified atom stereocenters. The molecule has 0 aliphatic rings. The molecule has 202 valence electrons. The van der Waals surface area contributed by atoms with Crippen molar-refractivity contribution in [3.8, 4) is 0 Å². The molecule has 0 aromatic heterocycles. The van der Waals surface area contributed by atoms with Crippen molar-refractivity contribution in [3.63, 3.8) is 0 Å². The number of hydrogen-bond acceptors (Lipinski definition) is 6. The molecule has 12 heteroatoms. The molecule has 4 aromatic carbocycles. The van der Waals surface area contributed by atoms with E-state index in [0.717, 1.165) is 16.1 Å². The SMILES string of the molecule is Cc1ccc(S(=O)(=O)N(c2cccc(N(C=O)Nc3cc(Cl)cc(Cl)c3)c2)S(=O)(=O)c2ccc(C)cc2)cc1. The van der Waals surface area contributed by atoms with Gasteiger partial charge in [-0.15, -0.1) is 0 Å². The van der Waals surface area contributed by atoms with Crippen molar-refractivity contribution in [1.82, 2.24) is 0 Å². The second kappa shape index (κ2) is 11.3. The van der Waals surface area contributed by atoms with Crippen LogP contribution in [0.5, 0.6) is 0 Å². The molecule has 0 spiro atoms. The minimum atomic E-state index is -4.62. The number of halogens is 2. The Morgan fingerprint density at radius 1 is 0.667 bits per heavy atom. The monoisotopic (exact) mass is 603 g/mol. The lowest BCUT2D eigenvalue weighted by molar-refractivity contribution is -0.107. The number of benzene rings is 4. The van der Waals surface area contributed by atoms with E-state index in [1.54, 1.807) is 38.1 Å². The Morgan fingerprint density at radius 3 is 1.59 bits per heavy atom. The van der Waals surface area contributed by atoms with E-state index in [-0.39, 0.29) is 21.2 Å². The normalized spacial score (nSPS) is 11.6. The van der Waals surface area contributed by atoms with Crippen LogP contribution in [0, 0.1) is 13.8 Å². The predicted molar refractivity (Wildman–Crippen MR) is 154 cm³/mol. The van der Waals surface area contributed by atoms with Gasteiger partial charge in [-0.05, 0) is 74.5 Å². The highest BCUT2D eigenvalue weighted by Gasteiger charge is 2.37. The van der Waals surface area contributed by atoms with Gasteiger partial charge < -0.3 is 0 Å². The van der Waals surface area contributed by atoms with E-state index >= 15 is 0 Å². The van der Waals surface area contributed by atoms with Crippen molar-refractivity contribution in [2.75, 3.05) is 14.1 Å². The molecule has 0 radical (unpaired) electrons. The number of carbonyl (C=O) groups excluding carboxylic acids is 1. The summed E-state index contributed by atoms with van der Waals surface area (Å²) in [4.78, 5) is 11.6. The average molecular weight is 605 g/mol. The third kappa shape index (κ3) is 6.20. The van der Waals surface area contributed by atoms with Crippen molar-refractivity contribution in [2.45, 2.75) is 23.6 Å². The topological polar surface area (TPSA) is 104 Å². The number of rotatable bonds is 9. The Kier molecular flexibility index (Phi) is 8.22. The minimum Gasteiger partial charge on any atom is -0.291 e. The smallest absolute Gasteiger partial charge is 0.277 e. The number of sulfonamides is 2. The van der Waals surface area contributed by atoms with E-state index in [1.807, 2.05) is 0 Å². The number of hydrazine groups is 1. The molecule has 39 heavy (non-hydrogen) atoms. The van der Waals surface area contributed by atoms with Crippen LogP contribution < -0.4 is 14.1 Å². The number of aryl methyl sites for hydroxylation is 2. The summed E-state index contributed by atoms with van der Waals surface area (Å²) < 4.78 is 55.8. The number of carbonyl (C=O) groups is 1. The highest BCUT2D eigenvalue weighted by Crippen LogP contribution is 2.33. The van der Waals surface area contributed by atoms with Crippen LogP contribution in [-0.2, 0) is 24.8 Å². The first kappa shape index (κ1) is 28.4. The average Bonchev–Trinajstić information content (AvgIpc) is 2.87. The van der Waals surface area contributed by atoms with Crippen LogP contribution in [-0.4, -0.2) is 23.2 Å². The van der Waals surface area contributed by atoms with Crippen LogP contribution in [0.25, 0.3) is 0 Å². The van der Waals surface area contributed by atoms with E-state index in [0.29, 0.717) is 25.9 Å². The molecule has 0 atom stereocenters. The van der Waals surface area contributed by atoms with Crippen molar-refractivity contribution in [1.29, 1.82) is 0 Å². The van der Waals surface area contributed by atoms with Crippen molar-refractivity contribution < 1.29 is 21.6 Å². The molecule has 1 N–H and O–H groups in total. The summed E-state index contributed by atoms with van der Waals surface area (Å²) in [5.74, 6) is 0. The maximum atomic E-state index is 13.9. The molecule has 4 aromatic rings. The lowest BCUT2D eigenvalue weighted by Crippen LogP contribution is -2.37. The zero-order valence-corrected chi connectivity index (χ0v) is 23.9. The number of nitrogens with one attached hydrogen (secondary N) is 1. The molecule has 0 fully saturated rings. The maximum Gasteiger partial charge on any atom is 0.277 e. The summed E-state index contributed by atoms with van der Waals surface area (Å²) in [5, 5.41) is 1.69. The van der Waals surface area contributed by atoms with Crippen molar-refractivity contribution in [3.05, 3.63) is 112 Å². The van der Waals surface area contributed by atoms with Gasteiger partial charge in [-0.3, -0.25) is 10.2 Å². The van der Waals surface area contributed by atoms with Crippen LogP contribution in [0.1, 0.15) is 11.1 Å². The van der Waals surface area contributed by atoms with Gasteiger partial charge in [0.05, 0.1) is 26.9 Å². The van der Waals surface area contributed by atoms with Gasteiger partial charge >= 0.3 is 0 Å². The van der Waals surface area contributed by atoms with Crippen LogP contribution in [0.15, 0.2) is 101 Å². The largest absolute Gasteiger partial charge is 0.291 e. The van der Waals surface area contributed by atoms with Gasteiger partial charge in [0.1, 0.15) is 0 Å². The third-order valence-corrected chi connectivity index (χ3v) is 10.3. The van der Waals surface area contributed by atoms with E-state index in [9.17, 15) is 21.6 Å². The molecule has 8 nitrogen and oxygen atoms in total. The van der Waals surface area contributed by atoms with Crippen LogP contribution in [0.3, 0.4) is 0 Å². The van der Waals surface area contributed by atoms with E-state index in [1.165, 1.54) is 66.7 Å². The van der Waals surface area contributed by atoms with Crippen molar-refractivity contribution in [2.24, 2.45) is 0 Å². The van der Waals surface area contributed by atoms with Gasteiger partial charge in [0.15, 0.2) is 0 Å². The molecule has 0 saturated carbocycles. The number of anilines is 3. The third-order valence-electron chi connectivity index (χ3n) is 5.61. The first-order chi connectivity index (χ1) is 18.4. The number of nitrogens with zero attached hydrogens (tertiary/aromatic N) is 2. The number of amides is 1. The van der Waals surface area contributed by atoms with Crippen LogP contribution in [0.2, 0.25) is 10.0 Å². The molecule has 0 aliphatic heterocycles. The van der Waals surface area contributed by atoms with E-state index in [2.05, 4.69) is 5.43 Å². The first-order valence-corrected chi connectivity index (χ1v) is 15.1. The zero-order valence-electron chi connectivity index (χ0n) is 20.7. The zero-order chi connectivity index (χ0) is 28.4. The number of hydrogen-bond donors (Lipinski definition) is 1. The van der Waals surface area contributed by atoms with Gasteiger partial charge in [0, 0.05) is 10.0 Å². The summed E-state index contributed by atoms with van der Waals surface area (Å²) in [7, 11) is -9.25. The molecule has 0 saturated heterocycles. The van der Waals surface area contributed by atoms with Gasteiger partial charge in [-0.1, -0.05) is 64.7 Å². The Bertz CT molecular complexity index is 1630. The Labute approximate surface area is 237 Å². The molecule has 4 rings (SSSR count). The fourth-order valence-corrected chi connectivity index (χ4v) is 7.89. The summed E-state index contributed by atoms with van der Waals surface area (Å²) in [6.07, 6.45) is 0.446. The van der Waals surface area contributed by atoms with E-state index < -0.39 is 20.0 Å². The van der Waals surface area contributed by atoms with Crippen LogP contribution in [0.4, 0.5) is 17.1 Å². The minimum absolute atomic E-state index is 0.154. The fraction of sp³-hybridized carbons (Fsp3) is 0.0741. The fourth-order valence-electron chi connectivity index (χ4n) is 3.68. The quantitative estimate of drug-likeness (QED) is 0.181. The molecule has 0 heterocycles. The second-order valence-electron chi connectivity index (χ2n) is 8.60. The Morgan fingerprint density at radius 2 is 1.13 bits per heavy atom. The van der Waals surface area contributed by atoms with Crippen LogP contribution >= 0.6 is 23.2 Å². The predicted octanol–water partition coefficient (Wildman–Crippen LogP) is 6.18. The maximum absolute atomic E-state index is 13.9. The summed E-state index contributed by atoms with van der Waals surface area (Å²) >= 11 is 12.1. The molecule has 0 bridgehead atoms. The second-order valence-corrected chi connectivity index (χ2v) is 13.3. The van der Waals surface area contributed by atoms with Crippen molar-refractivity contribution >= 4 is 66.7 Å². The van der Waals surface area contributed by atoms with Gasteiger partial charge in [-0.2, -0.15) is 3.71 Å². The highest BCUT2D eigenvalue weighted by atomic mass is 35.5. The summed E-state index contributed by atoms with van der Waals surface area (Å²) in [6.45, 7) is 3.57. The highest BCUT2D eigenvalue weighted by molar-refractivity contribution is 8.10.